The molecule has 0 aromatic carbocycles. The number of ether oxygens (including phenoxy) is 1. The van der Waals surface area contributed by atoms with Crippen molar-refractivity contribution in [3.63, 3.8) is 0 Å². The van der Waals surface area contributed by atoms with Gasteiger partial charge in [0.05, 0.1) is 18.4 Å². The molecule has 0 spiro atoms. The van der Waals surface area contributed by atoms with Crippen molar-refractivity contribution in [3.05, 3.63) is 0 Å². The molecule has 1 amide bonds. The molecule has 4 nitrogen and oxygen atoms in total. The Labute approximate surface area is 161 Å². The highest BCUT2D eigenvalue weighted by atomic mass is 16.5. The Morgan fingerprint density at radius 3 is 2.04 bits per heavy atom. The van der Waals surface area contributed by atoms with Crippen molar-refractivity contribution < 1.29 is 14.3 Å². The summed E-state index contributed by atoms with van der Waals surface area (Å²) in [7, 11) is 0. The number of esters is 1. The zero-order chi connectivity index (χ0) is 19.2. The monoisotopic (exact) mass is 367 g/mol. The summed E-state index contributed by atoms with van der Waals surface area (Å²) in [6, 6.07) is 0. The van der Waals surface area contributed by atoms with Crippen LogP contribution in [0.4, 0.5) is 0 Å². The molecular formula is C22H41NO3. The number of carbonyl (C=O) groups is 2. The molecule has 0 aliphatic carbocycles. The Kier molecular flexibility index (Phi) is 12.4. The molecule has 1 fully saturated rings. The smallest absolute Gasteiger partial charge is 0.311 e. The molecule has 0 aromatic rings. The number of likely N-dealkylation sites (tertiary alicyclic amines) is 1. The molecular weight excluding hydrogens is 326 g/mol. The second-order valence-electron chi connectivity index (χ2n) is 7.88. The summed E-state index contributed by atoms with van der Waals surface area (Å²) in [5.41, 5.74) is 0. The fraction of sp³-hybridized carbons (Fsp3) is 0.909. The van der Waals surface area contributed by atoms with Crippen molar-refractivity contribution >= 4 is 11.9 Å². The van der Waals surface area contributed by atoms with Gasteiger partial charge in [-0.25, -0.2) is 0 Å². The highest BCUT2D eigenvalue weighted by molar-refractivity contribution is 5.88. The van der Waals surface area contributed by atoms with Gasteiger partial charge in [0.15, 0.2) is 0 Å². The van der Waals surface area contributed by atoms with Gasteiger partial charge in [-0.3, -0.25) is 9.59 Å². The fourth-order valence-electron chi connectivity index (χ4n) is 3.64. The lowest BCUT2D eigenvalue weighted by Gasteiger charge is -2.15. The first-order valence-corrected chi connectivity index (χ1v) is 11.1. The number of amides is 1. The van der Waals surface area contributed by atoms with Crippen LogP contribution in [0.2, 0.25) is 0 Å². The summed E-state index contributed by atoms with van der Waals surface area (Å²) >= 11 is 0. The van der Waals surface area contributed by atoms with Crippen molar-refractivity contribution in [2.24, 2.45) is 11.8 Å². The van der Waals surface area contributed by atoms with E-state index in [4.69, 9.17) is 4.74 Å². The molecule has 0 N–H and O–H groups in total. The maximum absolute atomic E-state index is 12.3. The molecule has 0 bridgehead atoms. The first kappa shape index (κ1) is 23.0. The van der Waals surface area contributed by atoms with E-state index in [2.05, 4.69) is 13.8 Å². The predicted octanol–water partition coefficient (Wildman–Crippen LogP) is 5.35. The third-order valence-corrected chi connectivity index (χ3v) is 5.55. The number of rotatable bonds is 15. The average molecular weight is 368 g/mol. The molecule has 0 aromatic heterocycles. The van der Waals surface area contributed by atoms with Crippen LogP contribution < -0.4 is 0 Å². The second kappa shape index (κ2) is 14.1. The summed E-state index contributed by atoms with van der Waals surface area (Å²) in [6.07, 6.45) is 14.8. The van der Waals surface area contributed by atoms with Crippen LogP contribution in [0.15, 0.2) is 0 Å². The number of carbonyl (C=O) groups excluding carboxylic acids is 2. The summed E-state index contributed by atoms with van der Waals surface area (Å²) < 4.78 is 5.45. The van der Waals surface area contributed by atoms with Gasteiger partial charge in [-0.15, -0.1) is 0 Å². The normalized spacial score (nSPS) is 20.0. The molecule has 2 atom stereocenters. The van der Waals surface area contributed by atoms with Gasteiger partial charge in [0.1, 0.15) is 0 Å². The summed E-state index contributed by atoms with van der Waals surface area (Å²) in [6.45, 7) is 8.03. The van der Waals surface area contributed by atoms with Gasteiger partial charge in [-0.05, 0) is 12.8 Å². The Bertz CT molecular complexity index is 397. The summed E-state index contributed by atoms with van der Waals surface area (Å²) in [5, 5.41) is 0. The Balaban J connectivity index is 2.05. The summed E-state index contributed by atoms with van der Waals surface area (Å²) in [4.78, 5) is 26.3. The van der Waals surface area contributed by atoms with Crippen LogP contribution in [0.3, 0.4) is 0 Å². The van der Waals surface area contributed by atoms with Crippen LogP contribution >= 0.6 is 0 Å². The van der Waals surface area contributed by atoms with Gasteiger partial charge in [0, 0.05) is 13.1 Å². The predicted molar refractivity (Wildman–Crippen MR) is 107 cm³/mol. The van der Waals surface area contributed by atoms with Gasteiger partial charge >= 0.3 is 5.97 Å². The molecule has 1 aliphatic heterocycles. The van der Waals surface area contributed by atoms with E-state index in [0.29, 0.717) is 13.2 Å². The van der Waals surface area contributed by atoms with E-state index < -0.39 is 0 Å². The molecule has 1 aliphatic rings. The van der Waals surface area contributed by atoms with Crippen molar-refractivity contribution in [1.82, 2.24) is 4.90 Å². The van der Waals surface area contributed by atoms with Crippen LogP contribution in [0.5, 0.6) is 0 Å². The Hall–Kier alpha value is -1.06. The van der Waals surface area contributed by atoms with E-state index in [1.807, 2.05) is 11.8 Å². The van der Waals surface area contributed by atoms with E-state index in [1.165, 1.54) is 51.4 Å². The molecule has 152 valence electrons. The van der Waals surface area contributed by atoms with Crippen LogP contribution in [-0.2, 0) is 14.3 Å². The fourth-order valence-corrected chi connectivity index (χ4v) is 3.64. The third kappa shape index (κ3) is 8.55. The summed E-state index contributed by atoms with van der Waals surface area (Å²) in [5.74, 6) is -0.574. The first-order chi connectivity index (χ1) is 12.6. The number of hydrogen-bond acceptors (Lipinski definition) is 3. The minimum atomic E-state index is -0.275. The molecule has 1 heterocycles. The van der Waals surface area contributed by atoms with Gasteiger partial charge in [0.25, 0.3) is 0 Å². The quantitative estimate of drug-likeness (QED) is 0.290. The third-order valence-electron chi connectivity index (χ3n) is 5.55. The SMILES string of the molecule is CCCCCCCCCCCCOC(=O)C1CN(CCCC)C(=O)C1C. The highest BCUT2D eigenvalue weighted by Gasteiger charge is 2.41. The van der Waals surface area contributed by atoms with E-state index in [9.17, 15) is 9.59 Å². The molecule has 26 heavy (non-hydrogen) atoms. The van der Waals surface area contributed by atoms with E-state index in [1.54, 1.807) is 0 Å². The molecule has 4 heteroatoms. The molecule has 1 saturated heterocycles. The van der Waals surface area contributed by atoms with E-state index in [0.717, 1.165) is 32.2 Å². The zero-order valence-corrected chi connectivity index (χ0v) is 17.4. The minimum absolute atomic E-state index is 0.110. The van der Waals surface area contributed by atoms with E-state index >= 15 is 0 Å². The minimum Gasteiger partial charge on any atom is -0.465 e. The number of unbranched alkanes of at least 4 members (excludes halogenated alkanes) is 10. The van der Waals surface area contributed by atoms with Gasteiger partial charge in [-0.1, -0.05) is 85.0 Å². The topological polar surface area (TPSA) is 46.6 Å². The van der Waals surface area contributed by atoms with Crippen LogP contribution in [0, 0.1) is 11.8 Å². The van der Waals surface area contributed by atoms with Crippen molar-refractivity contribution in [2.45, 2.75) is 97.8 Å². The van der Waals surface area contributed by atoms with E-state index in [-0.39, 0.29) is 23.7 Å². The highest BCUT2D eigenvalue weighted by Crippen LogP contribution is 2.26. The first-order valence-electron chi connectivity index (χ1n) is 11.1. The average Bonchev–Trinajstić information content (AvgIpc) is 2.92. The van der Waals surface area contributed by atoms with Gasteiger partial charge in [-0.2, -0.15) is 0 Å². The van der Waals surface area contributed by atoms with Crippen molar-refractivity contribution in [3.8, 4) is 0 Å². The standard InChI is InChI=1S/C22H41NO3/c1-4-6-8-9-10-11-12-13-14-15-17-26-22(25)20-18-23(16-7-5-2)21(24)19(20)3/h19-20H,4-18H2,1-3H3. The number of nitrogens with zero attached hydrogens (tertiary/aromatic N) is 1. The van der Waals surface area contributed by atoms with Crippen LogP contribution in [0.25, 0.3) is 0 Å². The molecule has 1 rings (SSSR count). The maximum atomic E-state index is 12.3. The Morgan fingerprint density at radius 1 is 0.923 bits per heavy atom. The van der Waals surface area contributed by atoms with Crippen molar-refractivity contribution in [1.29, 1.82) is 0 Å². The molecule has 0 radical (unpaired) electrons. The lowest BCUT2D eigenvalue weighted by atomic mass is 9.98. The van der Waals surface area contributed by atoms with Crippen LogP contribution in [-0.4, -0.2) is 36.5 Å². The molecule has 2 unspecified atom stereocenters. The zero-order valence-electron chi connectivity index (χ0n) is 17.4. The van der Waals surface area contributed by atoms with Crippen molar-refractivity contribution in [2.75, 3.05) is 19.7 Å². The Morgan fingerprint density at radius 2 is 1.46 bits per heavy atom. The second-order valence-corrected chi connectivity index (χ2v) is 7.88. The molecule has 0 saturated carbocycles. The maximum Gasteiger partial charge on any atom is 0.311 e. The lowest BCUT2D eigenvalue weighted by Crippen LogP contribution is -2.28. The number of hydrogen-bond donors (Lipinski definition) is 0. The largest absolute Gasteiger partial charge is 0.465 e. The van der Waals surface area contributed by atoms with Gasteiger partial charge in [0.2, 0.25) is 5.91 Å². The van der Waals surface area contributed by atoms with Gasteiger partial charge < -0.3 is 9.64 Å². The van der Waals surface area contributed by atoms with Crippen LogP contribution in [0.1, 0.15) is 97.8 Å². The lowest BCUT2D eigenvalue weighted by molar-refractivity contribution is -0.150.